The topological polar surface area (TPSA) is 47.7 Å². The van der Waals surface area contributed by atoms with E-state index in [2.05, 4.69) is 36.9 Å². The van der Waals surface area contributed by atoms with Gasteiger partial charge >= 0.3 is 0 Å². The van der Waals surface area contributed by atoms with Crippen LogP contribution in [0.15, 0.2) is 72.8 Å². The average molecular weight is 453 g/mol. The molecule has 0 saturated carbocycles. The molecule has 0 bridgehead atoms. The van der Waals surface area contributed by atoms with Crippen molar-refractivity contribution in [3.05, 3.63) is 94.5 Å². The van der Waals surface area contributed by atoms with Gasteiger partial charge in [0, 0.05) is 24.7 Å². The number of nitrogens with zero attached hydrogens (tertiary/aromatic N) is 1. The molecule has 3 rings (SSSR count). The highest BCUT2D eigenvalue weighted by atomic mass is 35.5. The standard InChI is InChI=1S/C27H33ClN2O2/c1-27(2,19-29)20-30(16-22-10-7-11-24(28)14-22)17-23-12-13-25(26(15-23)31-3)32-18-21-8-5-4-6-9-21/h4-15H,16-20,29H2,1-3H3. The minimum absolute atomic E-state index is 0.00139. The molecule has 0 heterocycles. The normalized spacial score (nSPS) is 11.6. The molecule has 170 valence electrons. The molecule has 0 fully saturated rings. The van der Waals surface area contributed by atoms with E-state index in [-0.39, 0.29) is 5.41 Å². The van der Waals surface area contributed by atoms with E-state index in [1.54, 1.807) is 7.11 Å². The quantitative estimate of drug-likeness (QED) is 0.392. The second-order valence-electron chi connectivity index (χ2n) is 8.90. The van der Waals surface area contributed by atoms with Gasteiger partial charge in [0.15, 0.2) is 11.5 Å². The van der Waals surface area contributed by atoms with Crippen molar-refractivity contribution in [3.63, 3.8) is 0 Å². The third-order valence-electron chi connectivity index (χ3n) is 5.37. The summed E-state index contributed by atoms with van der Waals surface area (Å²) in [6, 6.07) is 24.3. The Labute approximate surface area is 196 Å². The van der Waals surface area contributed by atoms with Crippen LogP contribution in [0, 0.1) is 5.41 Å². The van der Waals surface area contributed by atoms with Gasteiger partial charge in [0.2, 0.25) is 0 Å². The number of rotatable bonds is 11. The van der Waals surface area contributed by atoms with Crippen molar-refractivity contribution in [2.24, 2.45) is 11.1 Å². The lowest BCUT2D eigenvalue weighted by Crippen LogP contribution is -2.38. The molecule has 0 atom stereocenters. The summed E-state index contributed by atoms with van der Waals surface area (Å²) in [6.45, 7) is 7.93. The Kier molecular flexibility index (Phi) is 8.57. The Bertz CT molecular complexity index is 992. The first kappa shape index (κ1) is 24.1. The van der Waals surface area contributed by atoms with E-state index in [4.69, 9.17) is 26.8 Å². The van der Waals surface area contributed by atoms with Gasteiger partial charge in [0.1, 0.15) is 6.61 Å². The van der Waals surface area contributed by atoms with Gasteiger partial charge in [-0.2, -0.15) is 0 Å². The van der Waals surface area contributed by atoms with Crippen molar-refractivity contribution in [2.45, 2.75) is 33.5 Å². The van der Waals surface area contributed by atoms with Crippen LogP contribution >= 0.6 is 11.6 Å². The average Bonchev–Trinajstić information content (AvgIpc) is 2.78. The molecular formula is C27H33ClN2O2. The number of hydrogen-bond donors (Lipinski definition) is 1. The smallest absolute Gasteiger partial charge is 0.161 e. The Morgan fingerprint density at radius 3 is 2.19 bits per heavy atom. The highest BCUT2D eigenvalue weighted by molar-refractivity contribution is 6.30. The molecule has 32 heavy (non-hydrogen) atoms. The minimum Gasteiger partial charge on any atom is -0.493 e. The van der Waals surface area contributed by atoms with Crippen molar-refractivity contribution in [3.8, 4) is 11.5 Å². The third kappa shape index (κ3) is 7.27. The number of benzene rings is 3. The van der Waals surface area contributed by atoms with Crippen LogP contribution in [0.4, 0.5) is 0 Å². The summed E-state index contributed by atoms with van der Waals surface area (Å²) in [7, 11) is 1.68. The van der Waals surface area contributed by atoms with Gasteiger partial charge in [0.25, 0.3) is 0 Å². The highest BCUT2D eigenvalue weighted by Gasteiger charge is 2.21. The molecule has 0 saturated heterocycles. The van der Waals surface area contributed by atoms with Crippen LogP contribution in [0.25, 0.3) is 0 Å². The van der Waals surface area contributed by atoms with E-state index in [0.29, 0.717) is 13.2 Å². The fourth-order valence-electron chi connectivity index (χ4n) is 3.65. The molecule has 0 aliphatic carbocycles. The van der Waals surface area contributed by atoms with E-state index in [0.717, 1.165) is 47.3 Å². The monoisotopic (exact) mass is 452 g/mol. The van der Waals surface area contributed by atoms with Crippen molar-refractivity contribution >= 4 is 11.6 Å². The summed E-state index contributed by atoms with van der Waals surface area (Å²) in [5.41, 5.74) is 9.49. The molecular weight excluding hydrogens is 420 g/mol. The number of methoxy groups -OCH3 is 1. The Morgan fingerprint density at radius 2 is 1.53 bits per heavy atom. The molecule has 3 aromatic carbocycles. The zero-order chi connectivity index (χ0) is 23.0. The van der Waals surface area contributed by atoms with Gasteiger partial charge in [-0.3, -0.25) is 4.90 Å². The van der Waals surface area contributed by atoms with Crippen LogP contribution in [-0.4, -0.2) is 25.1 Å². The van der Waals surface area contributed by atoms with E-state index in [1.165, 1.54) is 5.56 Å². The molecule has 0 amide bonds. The summed E-state index contributed by atoms with van der Waals surface area (Å²) in [5, 5.41) is 0.752. The summed E-state index contributed by atoms with van der Waals surface area (Å²) in [6.07, 6.45) is 0. The van der Waals surface area contributed by atoms with Crippen LogP contribution in [0.5, 0.6) is 11.5 Å². The van der Waals surface area contributed by atoms with Crippen molar-refractivity contribution in [1.29, 1.82) is 0 Å². The predicted molar refractivity (Wildman–Crippen MR) is 132 cm³/mol. The second-order valence-corrected chi connectivity index (χ2v) is 9.34. The van der Waals surface area contributed by atoms with Crippen molar-refractivity contribution < 1.29 is 9.47 Å². The molecule has 0 spiro atoms. The fourth-order valence-corrected chi connectivity index (χ4v) is 3.87. The van der Waals surface area contributed by atoms with Gasteiger partial charge in [-0.15, -0.1) is 0 Å². The largest absolute Gasteiger partial charge is 0.493 e. The number of ether oxygens (including phenoxy) is 2. The number of hydrogen-bond acceptors (Lipinski definition) is 4. The van der Waals surface area contributed by atoms with E-state index >= 15 is 0 Å². The third-order valence-corrected chi connectivity index (χ3v) is 5.61. The first-order valence-corrected chi connectivity index (χ1v) is 11.3. The molecule has 3 aromatic rings. The lowest BCUT2D eigenvalue weighted by Gasteiger charge is -2.32. The lowest BCUT2D eigenvalue weighted by atomic mass is 9.92. The van der Waals surface area contributed by atoms with Crippen LogP contribution in [-0.2, 0) is 19.7 Å². The van der Waals surface area contributed by atoms with E-state index in [1.807, 2.05) is 54.6 Å². The zero-order valence-corrected chi connectivity index (χ0v) is 19.9. The first-order chi connectivity index (χ1) is 15.4. The van der Waals surface area contributed by atoms with Gasteiger partial charge in [0.05, 0.1) is 7.11 Å². The summed E-state index contributed by atoms with van der Waals surface area (Å²) in [5.74, 6) is 1.48. The SMILES string of the molecule is COc1cc(CN(Cc2cccc(Cl)c2)CC(C)(C)CN)ccc1OCc1ccccc1. The maximum absolute atomic E-state index is 6.21. The highest BCUT2D eigenvalue weighted by Crippen LogP contribution is 2.30. The first-order valence-electron chi connectivity index (χ1n) is 10.9. The van der Waals surface area contributed by atoms with Crippen LogP contribution in [0.3, 0.4) is 0 Å². The van der Waals surface area contributed by atoms with E-state index in [9.17, 15) is 0 Å². The van der Waals surface area contributed by atoms with E-state index < -0.39 is 0 Å². The Hall–Kier alpha value is -2.53. The molecule has 0 unspecified atom stereocenters. The fraction of sp³-hybridized carbons (Fsp3) is 0.333. The van der Waals surface area contributed by atoms with Gasteiger partial charge in [-0.25, -0.2) is 0 Å². The van der Waals surface area contributed by atoms with Crippen molar-refractivity contribution in [1.82, 2.24) is 4.90 Å². The maximum atomic E-state index is 6.21. The summed E-state index contributed by atoms with van der Waals surface area (Å²) < 4.78 is 11.6. The molecule has 4 nitrogen and oxygen atoms in total. The van der Waals surface area contributed by atoms with Crippen LogP contribution < -0.4 is 15.2 Å². The molecule has 0 aliphatic heterocycles. The lowest BCUT2D eigenvalue weighted by molar-refractivity contribution is 0.168. The minimum atomic E-state index is 0.00139. The van der Waals surface area contributed by atoms with Gasteiger partial charge in [-0.1, -0.05) is 74.0 Å². The number of halogens is 1. The molecule has 2 N–H and O–H groups in total. The summed E-state index contributed by atoms with van der Waals surface area (Å²) >= 11 is 6.21. The molecule has 5 heteroatoms. The van der Waals surface area contributed by atoms with Crippen LogP contribution in [0.2, 0.25) is 5.02 Å². The summed E-state index contributed by atoms with van der Waals surface area (Å²) in [4.78, 5) is 2.40. The Balaban J connectivity index is 1.75. The second kappa shape index (κ2) is 11.4. The van der Waals surface area contributed by atoms with Gasteiger partial charge in [-0.05, 0) is 52.9 Å². The van der Waals surface area contributed by atoms with Crippen molar-refractivity contribution in [2.75, 3.05) is 20.2 Å². The zero-order valence-electron chi connectivity index (χ0n) is 19.2. The van der Waals surface area contributed by atoms with Gasteiger partial charge < -0.3 is 15.2 Å². The molecule has 0 aromatic heterocycles. The predicted octanol–water partition coefficient (Wildman–Crippen LogP) is 5.91. The maximum Gasteiger partial charge on any atom is 0.161 e. The molecule has 0 aliphatic rings. The Morgan fingerprint density at radius 1 is 0.844 bits per heavy atom. The number of nitrogens with two attached hydrogens (primary N) is 1. The molecule has 0 radical (unpaired) electrons. The van der Waals surface area contributed by atoms with Crippen LogP contribution in [0.1, 0.15) is 30.5 Å².